The zero-order valence-electron chi connectivity index (χ0n) is 11.9. The van der Waals surface area contributed by atoms with Gasteiger partial charge in [-0.2, -0.15) is 0 Å². The number of amides is 1. The van der Waals surface area contributed by atoms with Gasteiger partial charge in [-0.3, -0.25) is 9.78 Å². The molecule has 1 heterocycles. The van der Waals surface area contributed by atoms with Crippen LogP contribution in [0, 0.1) is 0 Å². The maximum atomic E-state index is 12.4. The average Bonchev–Trinajstić information content (AvgIpc) is 3.31. The Labute approximate surface area is 128 Å². The normalized spacial score (nSPS) is 14.4. The van der Waals surface area contributed by atoms with Crippen LogP contribution in [0.1, 0.15) is 34.8 Å². The summed E-state index contributed by atoms with van der Waals surface area (Å²) >= 11 is 6.07. The Morgan fingerprint density at radius 2 is 2.14 bits per heavy atom. The summed E-state index contributed by atoms with van der Waals surface area (Å²) in [5.41, 5.74) is 2.52. The topological polar surface area (TPSA) is 54.0 Å². The molecule has 0 spiro atoms. The number of hydrogen-bond donors (Lipinski definition) is 2. The van der Waals surface area contributed by atoms with Gasteiger partial charge in [0.05, 0.1) is 11.1 Å². The fourth-order valence-corrected chi connectivity index (χ4v) is 2.56. The molecule has 110 valence electrons. The number of nitrogens with zero attached hydrogens (tertiary/aromatic N) is 1. The van der Waals surface area contributed by atoms with Crippen LogP contribution >= 0.6 is 11.6 Å². The highest BCUT2D eigenvalue weighted by molar-refractivity contribution is 6.31. The smallest absolute Gasteiger partial charge is 0.252 e. The molecule has 1 aromatic carbocycles. The van der Waals surface area contributed by atoms with Gasteiger partial charge in [0, 0.05) is 35.1 Å². The van der Waals surface area contributed by atoms with Crippen molar-refractivity contribution in [2.75, 3.05) is 20.1 Å². The molecule has 5 heteroatoms. The standard InChI is InChI=1S/C16H18ClN3O/c1-18-6-7-19-16(21)13-9-15(10-2-3-10)20-14-5-4-11(17)8-12(13)14/h4-5,8-10,18H,2-3,6-7H2,1H3,(H,19,21). The van der Waals surface area contributed by atoms with E-state index in [0.717, 1.165) is 36.0 Å². The van der Waals surface area contributed by atoms with Gasteiger partial charge in [-0.25, -0.2) is 0 Å². The molecule has 1 fully saturated rings. The molecule has 0 bridgehead atoms. The number of pyridine rings is 1. The fourth-order valence-electron chi connectivity index (χ4n) is 2.39. The first kappa shape index (κ1) is 14.3. The van der Waals surface area contributed by atoms with E-state index in [1.165, 1.54) is 0 Å². The van der Waals surface area contributed by atoms with Gasteiger partial charge in [0.1, 0.15) is 0 Å². The second-order valence-corrected chi connectivity index (χ2v) is 5.83. The molecule has 0 radical (unpaired) electrons. The Hall–Kier alpha value is -1.65. The maximum absolute atomic E-state index is 12.4. The van der Waals surface area contributed by atoms with Gasteiger partial charge in [-0.15, -0.1) is 0 Å². The second-order valence-electron chi connectivity index (χ2n) is 5.39. The highest BCUT2D eigenvalue weighted by Crippen LogP contribution is 2.40. The summed E-state index contributed by atoms with van der Waals surface area (Å²) in [4.78, 5) is 17.1. The number of aromatic nitrogens is 1. The molecular formula is C16H18ClN3O. The number of nitrogens with one attached hydrogen (secondary N) is 2. The quantitative estimate of drug-likeness (QED) is 0.835. The lowest BCUT2D eigenvalue weighted by molar-refractivity contribution is 0.0955. The van der Waals surface area contributed by atoms with E-state index in [9.17, 15) is 4.79 Å². The van der Waals surface area contributed by atoms with Gasteiger partial charge < -0.3 is 10.6 Å². The van der Waals surface area contributed by atoms with E-state index in [0.29, 0.717) is 23.0 Å². The largest absolute Gasteiger partial charge is 0.351 e. The third-order valence-electron chi connectivity index (χ3n) is 3.69. The molecule has 2 aromatic rings. The predicted molar refractivity (Wildman–Crippen MR) is 85.0 cm³/mol. The summed E-state index contributed by atoms with van der Waals surface area (Å²) in [6.45, 7) is 1.34. The van der Waals surface area contributed by atoms with Gasteiger partial charge in [0.2, 0.25) is 0 Å². The third-order valence-corrected chi connectivity index (χ3v) is 3.93. The molecule has 2 N–H and O–H groups in total. The minimum atomic E-state index is -0.0678. The number of likely N-dealkylation sites (N-methyl/N-ethyl adjacent to an activating group) is 1. The summed E-state index contributed by atoms with van der Waals surface area (Å²) in [5.74, 6) is 0.441. The first-order valence-corrected chi connectivity index (χ1v) is 7.60. The van der Waals surface area contributed by atoms with Crippen molar-refractivity contribution in [1.82, 2.24) is 15.6 Å². The van der Waals surface area contributed by atoms with E-state index < -0.39 is 0 Å². The SMILES string of the molecule is CNCCNC(=O)c1cc(C2CC2)nc2ccc(Cl)cc12. The zero-order valence-corrected chi connectivity index (χ0v) is 12.7. The Morgan fingerprint density at radius 3 is 2.86 bits per heavy atom. The fraction of sp³-hybridized carbons (Fsp3) is 0.375. The Kier molecular flexibility index (Phi) is 4.08. The molecule has 1 aliphatic carbocycles. The molecule has 0 saturated heterocycles. The van der Waals surface area contributed by atoms with Crippen LogP contribution in [0.25, 0.3) is 10.9 Å². The lowest BCUT2D eigenvalue weighted by atomic mass is 10.1. The second kappa shape index (κ2) is 6.00. The van der Waals surface area contributed by atoms with Crippen LogP contribution in [0.5, 0.6) is 0 Å². The van der Waals surface area contributed by atoms with Crippen LogP contribution in [-0.2, 0) is 0 Å². The number of fused-ring (bicyclic) bond motifs is 1. The van der Waals surface area contributed by atoms with Crippen LogP contribution in [0.3, 0.4) is 0 Å². The lowest BCUT2D eigenvalue weighted by Crippen LogP contribution is -2.30. The molecule has 1 aromatic heterocycles. The Morgan fingerprint density at radius 1 is 1.33 bits per heavy atom. The maximum Gasteiger partial charge on any atom is 0.252 e. The van der Waals surface area contributed by atoms with E-state index in [1.807, 2.05) is 31.3 Å². The highest BCUT2D eigenvalue weighted by atomic mass is 35.5. The predicted octanol–water partition coefficient (Wildman–Crippen LogP) is 2.71. The van der Waals surface area contributed by atoms with Crippen molar-refractivity contribution in [2.24, 2.45) is 0 Å². The van der Waals surface area contributed by atoms with Gasteiger partial charge in [0.15, 0.2) is 0 Å². The Balaban J connectivity index is 2.00. The lowest BCUT2D eigenvalue weighted by Gasteiger charge is -2.10. The first-order valence-electron chi connectivity index (χ1n) is 7.22. The number of halogens is 1. The molecule has 3 rings (SSSR count). The van der Waals surface area contributed by atoms with Crippen LogP contribution < -0.4 is 10.6 Å². The van der Waals surface area contributed by atoms with Gasteiger partial charge in [-0.05, 0) is 44.2 Å². The summed E-state index contributed by atoms with van der Waals surface area (Å²) in [7, 11) is 1.86. The highest BCUT2D eigenvalue weighted by Gasteiger charge is 2.26. The van der Waals surface area contributed by atoms with E-state index in [-0.39, 0.29) is 5.91 Å². The summed E-state index contributed by atoms with van der Waals surface area (Å²) in [6, 6.07) is 7.43. The molecule has 4 nitrogen and oxygen atoms in total. The number of rotatable bonds is 5. The van der Waals surface area contributed by atoms with E-state index in [1.54, 1.807) is 0 Å². The van der Waals surface area contributed by atoms with E-state index in [4.69, 9.17) is 11.6 Å². The van der Waals surface area contributed by atoms with Crippen molar-refractivity contribution in [3.63, 3.8) is 0 Å². The minimum Gasteiger partial charge on any atom is -0.351 e. The van der Waals surface area contributed by atoms with Crippen molar-refractivity contribution in [1.29, 1.82) is 0 Å². The van der Waals surface area contributed by atoms with Crippen molar-refractivity contribution in [2.45, 2.75) is 18.8 Å². The molecule has 0 atom stereocenters. The van der Waals surface area contributed by atoms with Crippen molar-refractivity contribution in [3.8, 4) is 0 Å². The number of benzene rings is 1. The molecular weight excluding hydrogens is 286 g/mol. The van der Waals surface area contributed by atoms with Crippen molar-refractivity contribution >= 4 is 28.4 Å². The van der Waals surface area contributed by atoms with Gasteiger partial charge in [-0.1, -0.05) is 11.6 Å². The zero-order chi connectivity index (χ0) is 14.8. The molecule has 1 saturated carbocycles. The first-order chi connectivity index (χ1) is 10.2. The number of carbonyl (C=O) groups excluding carboxylic acids is 1. The van der Waals surface area contributed by atoms with Crippen molar-refractivity contribution in [3.05, 3.63) is 40.5 Å². The number of hydrogen-bond acceptors (Lipinski definition) is 3. The van der Waals surface area contributed by atoms with Crippen LogP contribution in [0.15, 0.2) is 24.3 Å². The molecule has 0 unspecified atom stereocenters. The van der Waals surface area contributed by atoms with Crippen LogP contribution in [0.2, 0.25) is 5.02 Å². The minimum absolute atomic E-state index is 0.0678. The van der Waals surface area contributed by atoms with E-state index >= 15 is 0 Å². The summed E-state index contributed by atoms with van der Waals surface area (Å²) in [5, 5.41) is 7.37. The molecule has 1 amide bonds. The monoisotopic (exact) mass is 303 g/mol. The number of carbonyl (C=O) groups is 1. The van der Waals surface area contributed by atoms with Crippen molar-refractivity contribution < 1.29 is 4.79 Å². The van der Waals surface area contributed by atoms with Crippen LogP contribution in [0.4, 0.5) is 0 Å². The summed E-state index contributed by atoms with van der Waals surface area (Å²) < 4.78 is 0. The molecule has 0 aliphatic heterocycles. The summed E-state index contributed by atoms with van der Waals surface area (Å²) in [6.07, 6.45) is 2.32. The molecule has 21 heavy (non-hydrogen) atoms. The van der Waals surface area contributed by atoms with Gasteiger partial charge >= 0.3 is 0 Å². The molecule has 1 aliphatic rings. The Bertz CT molecular complexity index is 683. The van der Waals surface area contributed by atoms with Crippen LogP contribution in [-0.4, -0.2) is 31.0 Å². The van der Waals surface area contributed by atoms with Gasteiger partial charge in [0.25, 0.3) is 5.91 Å². The van der Waals surface area contributed by atoms with E-state index in [2.05, 4.69) is 15.6 Å². The third kappa shape index (κ3) is 3.17. The average molecular weight is 304 g/mol.